The summed E-state index contributed by atoms with van der Waals surface area (Å²) < 4.78 is 21.9. The van der Waals surface area contributed by atoms with Gasteiger partial charge in [-0.2, -0.15) is 0 Å². The van der Waals surface area contributed by atoms with Crippen molar-refractivity contribution in [3.8, 4) is 17.2 Å². The van der Waals surface area contributed by atoms with Gasteiger partial charge in [0.25, 0.3) is 12.3 Å². The Hall–Kier alpha value is -3.55. The van der Waals surface area contributed by atoms with Gasteiger partial charge in [0.1, 0.15) is 17.2 Å². The van der Waals surface area contributed by atoms with E-state index in [2.05, 4.69) is 0 Å². The van der Waals surface area contributed by atoms with Gasteiger partial charge in [-0.1, -0.05) is 0 Å². The van der Waals surface area contributed by atoms with E-state index in [-0.39, 0.29) is 11.5 Å². The van der Waals surface area contributed by atoms with Crippen molar-refractivity contribution in [2.24, 2.45) is 5.92 Å². The molecule has 0 aromatic heterocycles. The molecule has 0 radical (unpaired) electrons. The molecule has 0 saturated heterocycles. The number of nitrogens with zero attached hydrogens (tertiary/aromatic N) is 1. The average molecular weight is 453 g/mol. The van der Waals surface area contributed by atoms with Crippen LogP contribution < -0.4 is 14.4 Å². The number of hydrogen-bond donors (Lipinski definition) is 0. The lowest BCUT2D eigenvalue weighted by atomic mass is 9.91. The van der Waals surface area contributed by atoms with E-state index in [1.807, 2.05) is 12.1 Å². The standard InChI is InChI=1S/C25H27NO7/c1-17(28)26(15-18-4-5-18)20-6-8-21(9-7-20)32-22-12-19(24(29)30-2)13-23(14-22)33-25(31-16-27)10-3-11-25/h6-9,12-14,16,18H,3-5,10-11,15H2,1-2H3. The molecule has 33 heavy (non-hydrogen) atoms. The zero-order valence-electron chi connectivity index (χ0n) is 18.7. The molecular weight excluding hydrogens is 426 g/mol. The first kappa shape index (κ1) is 22.6. The second kappa shape index (κ2) is 9.52. The Bertz CT molecular complexity index is 1030. The van der Waals surface area contributed by atoms with Crippen LogP contribution in [0, 0.1) is 5.92 Å². The largest absolute Gasteiger partial charge is 0.465 e. The number of anilines is 1. The highest BCUT2D eigenvalue weighted by Crippen LogP contribution is 2.39. The van der Waals surface area contributed by atoms with Crippen LogP contribution >= 0.6 is 0 Å². The number of carbonyl (C=O) groups is 3. The number of esters is 1. The molecule has 2 saturated carbocycles. The van der Waals surface area contributed by atoms with E-state index < -0.39 is 11.8 Å². The molecule has 0 heterocycles. The molecule has 8 heteroatoms. The highest BCUT2D eigenvalue weighted by atomic mass is 16.7. The summed E-state index contributed by atoms with van der Waals surface area (Å²) in [6.45, 7) is 2.66. The summed E-state index contributed by atoms with van der Waals surface area (Å²) in [5, 5.41) is 0. The summed E-state index contributed by atoms with van der Waals surface area (Å²) >= 11 is 0. The summed E-state index contributed by atoms with van der Waals surface area (Å²) in [5.41, 5.74) is 1.06. The minimum atomic E-state index is -1.02. The van der Waals surface area contributed by atoms with Crippen molar-refractivity contribution in [1.29, 1.82) is 0 Å². The van der Waals surface area contributed by atoms with Gasteiger partial charge < -0.3 is 23.8 Å². The van der Waals surface area contributed by atoms with E-state index in [1.165, 1.54) is 13.2 Å². The predicted molar refractivity (Wildman–Crippen MR) is 119 cm³/mol. The lowest BCUT2D eigenvalue weighted by molar-refractivity contribution is -0.213. The molecule has 8 nitrogen and oxygen atoms in total. The van der Waals surface area contributed by atoms with Crippen LogP contribution in [0.25, 0.3) is 0 Å². The van der Waals surface area contributed by atoms with Crippen molar-refractivity contribution in [2.75, 3.05) is 18.6 Å². The second-order valence-corrected chi connectivity index (χ2v) is 8.43. The van der Waals surface area contributed by atoms with Crippen LogP contribution in [0.1, 0.15) is 49.4 Å². The van der Waals surface area contributed by atoms with Crippen molar-refractivity contribution >= 4 is 24.0 Å². The van der Waals surface area contributed by atoms with Gasteiger partial charge in [-0.25, -0.2) is 4.79 Å². The molecule has 174 valence electrons. The molecule has 1 amide bonds. The van der Waals surface area contributed by atoms with Gasteiger partial charge in [-0.3, -0.25) is 9.59 Å². The number of benzene rings is 2. The third-order valence-electron chi connectivity index (χ3n) is 5.89. The average Bonchev–Trinajstić information content (AvgIpc) is 3.60. The Labute approximate surface area is 192 Å². The maximum atomic E-state index is 12.2. The smallest absolute Gasteiger partial charge is 0.338 e. The summed E-state index contributed by atoms with van der Waals surface area (Å²) in [4.78, 5) is 36.9. The van der Waals surface area contributed by atoms with E-state index in [9.17, 15) is 14.4 Å². The van der Waals surface area contributed by atoms with Crippen LogP contribution in [0.4, 0.5) is 5.69 Å². The topological polar surface area (TPSA) is 91.4 Å². The molecule has 0 unspecified atom stereocenters. The summed E-state index contributed by atoms with van der Waals surface area (Å²) in [5.74, 6) is 0.242. The van der Waals surface area contributed by atoms with Crippen molar-refractivity contribution in [1.82, 2.24) is 0 Å². The molecule has 2 aromatic carbocycles. The van der Waals surface area contributed by atoms with Crippen molar-refractivity contribution < 1.29 is 33.3 Å². The highest BCUT2D eigenvalue weighted by Gasteiger charge is 2.42. The quantitative estimate of drug-likeness (QED) is 0.298. The minimum Gasteiger partial charge on any atom is -0.465 e. The van der Waals surface area contributed by atoms with Crippen molar-refractivity contribution in [2.45, 2.75) is 44.8 Å². The summed E-state index contributed by atoms with van der Waals surface area (Å²) in [7, 11) is 1.29. The number of ether oxygens (including phenoxy) is 4. The maximum Gasteiger partial charge on any atom is 0.338 e. The monoisotopic (exact) mass is 453 g/mol. The molecule has 2 fully saturated rings. The lowest BCUT2D eigenvalue weighted by Crippen LogP contribution is -2.45. The summed E-state index contributed by atoms with van der Waals surface area (Å²) in [6, 6.07) is 11.9. The Morgan fingerprint density at radius 2 is 1.76 bits per heavy atom. The van der Waals surface area contributed by atoms with E-state index in [1.54, 1.807) is 36.1 Å². The third kappa shape index (κ3) is 5.45. The maximum absolute atomic E-state index is 12.2. The van der Waals surface area contributed by atoms with E-state index >= 15 is 0 Å². The Morgan fingerprint density at radius 1 is 1.06 bits per heavy atom. The van der Waals surface area contributed by atoms with Crippen LogP contribution in [-0.4, -0.2) is 37.8 Å². The zero-order valence-corrected chi connectivity index (χ0v) is 18.7. The predicted octanol–water partition coefficient (Wildman–Crippen LogP) is 4.46. The molecule has 2 aromatic rings. The second-order valence-electron chi connectivity index (χ2n) is 8.43. The Balaban J connectivity index is 1.54. The van der Waals surface area contributed by atoms with Crippen LogP contribution in [0.5, 0.6) is 17.2 Å². The van der Waals surface area contributed by atoms with Crippen LogP contribution in [0.3, 0.4) is 0 Å². The molecule has 0 bridgehead atoms. The van der Waals surface area contributed by atoms with Crippen LogP contribution in [0.15, 0.2) is 42.5 Å². The Kier molecular flexibility index (Phi) is 6.53. The zero-order chi connectivity index (χ0) is 23.4. The van der Waals surface area contributed by atoms with Crippen LogP contribution in [-0.2, 0) is 19.1 Å². The van der Waals surface area contributed by atoms with Gasteiger partial charge in [0.05, 0.1) is 12.7 Å². The molecule has 4 rings (SSSR count). The van der Waals surface area contributed by atoms with Gasteiger partial charge in [-0.05, 0) is 61.6 Å². The highest BCUT2D eigenvalue weighted by molar-refractivity contribution is 5.91. The molecule has 0 spiro atoms. The number of hydrogen-bond acceptors (Lipinski definition) is 7. The van der Waals surface area contributed by atoms with E-state index in [0.717, 1.165) is 31.5 Å². The fraction of sp³-hybridized carbons (Fsp3) is 0.400. The molecule has 0 atom stereocenters. The third-order valence-corrected chi connectivity index (χ3v) is 5.89. The fourth-order valence-electron chi connectivity index (χ4n) is 3.74. The first-order valence-electron chi connectivity index (χ1n) is 11.0. The number of rotatable bonds is 10. The minimum absolute atomic E-state index is 0.00519. The van der Waals surface area contributed by atoms with Gasteiger partial charge in [-0.15, -0.1) is 0 Å². The van der Waals surface area contributed by atoms with Crippen LogP contribution in [0.2, 0.25) is 0 Å². The number of carbonyl (C=O) groups excluding carboxylic acids is 3. The van der Waals surface area contributed by atoms with E-state index in [4.69, 9.17) is 18.9 Å². The van der Waals surface area contributed by atoms with Gasteiger partial charge in [0.15, 0.2) is 0 Å². The van der Waals surface area contributed by atoms with E-state index in [0.29, 0.717) is 42.5 Å². The molecule has 0 aliphatic heterocycles. The summed E-state index contributed by atoms with van der Waals surface area (Å²) in [6.07, 6.45) is 4.33. The lowest BCUT2D eigenvalue weighted by Gasteiger charge is -2.39. The van der Waals surface area contributed by atoms with Gasteiger partial charge in [0.2, 0.25) is 5.91 Å². The molecule has 0 N–H and O–H groups in total. The van der Waals surface area contributed by atoms with Gasteiger partial charge >= 0.3 is 5.97 Å². The van der Waals surface area contributed by atoms with Crippen molar-refractivity contribution in [3.63, 3.8) is 0 Å². The normalized spacial score (nSPS) is 16.2. The van der Waals surface area contributed by atoms with Crippen molar-refractivity contribution in [3.05, 3.63) is 48.0 Å². The molecular formula is C25H27NO7. The molecule has 2 aliphatic rings. The Morgan fingerprint density at radius 3 is 2.30 bits per heavy atom. The molecule has 2 aliphatic carbocycles. The fourth-order valence-corrected chi connectivity index (χ4v) is 3.74. The number of amides is 1. The first-order valence-corrected chi connectivity index (χ1v) is 11.0. The first-order chi connectivity index (χ1) is 15.9. The number of methoxy groups -OCH3 is 1. The SMILES string of the molecule is COC(=O)c1cc(Oc2ccc(N(CC3CC3)C(C)=O)cc2)cc(OC2(OC=O)CCC2)c1. The van der Waals surface area contributed by atoms with Gasteiger partial charge in [0, 0.05) is 38.1 Å².